The van der Waals surface area contributed by atoms with Gasteiger partial charge in [0.1, 0.15) is 0 Å². The van der Waals surface area contributed by atoms with Crippen molar-refractivity contribution >= 4 is 0 Å². The minimum atomic E-state index is 0.173. The molecule has 0 aliphatic carbocycles. The molecule has 3 heterocycles. The smallest absolute Gasteiger partial charge is 0.0315 e. The van der Waals surface area contributed by atoms with Crippen molar-refractivity contribution in [3.8, 4) is 0 Å². The van der Waals surface area contributed by atoms with Crippen LogP contribution in [0.3, 0.4) is 0 Å². The first kappa shape index (κ1) is 11.1. The van der Waals surface area contributed by atoms with Crippen molar-refractivity contribution in [1.82, 2.24) is 15.4 Å². The first-order valence-electron chi connectivity index (χ1n) is 6.41. The van der Waals surface area contributed by atoms with Crippen LogP contribution in [0.1, 0.15) is 24.0 Å². The summed E-state index contributed by atoms with van der Waals surface area (Å²) in [7, 11) is 0. The number of nitrogens with one attached hydrogen (secondary N) is 1. The van der Waals surface area contributed by atoms with Crippen LogP contribution < -0.4 is 5.32 Å². The number of pyridine rings is 1. The number of hydrogen-bond acceptors (Lipinski definition) is 4. The number of hydroxylamine groups is 2. The maximum atomic E-state index is 12.1. The van der Waals surface area contributed by atoms with Gasteiger partial charge in [0.05, 0.1) is 0 Å². The molecule has 4 nitrogen and oxygen atoms in total. The fourth-order valence-electron chi connectivity index (χ4n) is 3.04. The Morgan fingerprint density at radius 3 is 2.94 bits per heavy atom. The minimum Gasteiger partial charge on any atom is -0.785 e. The molecule has 1 saturated heterocycles. The molecule has 17 heavy (non-hydrogen) atoms. The summed E-state index contributed by atoms with van der Waals surface area (Å²) in [6.45, 7) is 2.62. The van der Waals surface area contributed by atoms with E-state index < -0.39 is 0 Å². The fourth-order valence-corrected chi connectivity index (χ4v) is 3.04. The number of rotatable bonds is 1. The SMILES string of the molecule is [O-]N1Cc2cnccc2CC1C1CCNCC1. The van der Waals surface area contributed by atoms with Crippen LogP contribution >= 0.6 is 0 Å². The number of aromatic nitrogens is 1. The number of hydrogen-bond donors (Lipinski definition) is 1. The van der Waals surface area contributed by atoms with E-state index in [-0.39, 0.29) is 6.04 Å². The topological polar surface area (TPSA) is 51.2 Å². The zero-order valence-corrected chi connectivity index (χ0v) is 9.93. The number of nitrogens with zero attached hydrogens (tertiary/aromatic N) is 2. The molecule has 0 radical (unpaired) electrons. The lowest BCUT2D eigenvalue weighted by Crippen LogP contribution is -2.45. The first-order valence-corrected chi connectivity index (χ1v) is 6.41. The molecule has 2 aliphatic rings. The molecule has 1 atom stereocenters. The molecule has 0 aromatic carbocycles. The van der Waals surface area contributed by atoms with E-state index in [1.54, 1.807) is 0 Å². The summed E-state index contributed by atoms with van der Waals surface area (Å²) in [5.41, 5.74) is 2.42. The van der Waals surface area contributed by atoms with E-state index in [0.29, 0.717) is 12.5 Å². The predicted molar refractivity (Wildman–Crippen MR) is 66.2 cm³/mol. The van der Waals surface area contributed by atoms with E-state index in [2.05, 4.69) is 16.4 Å². The number of fused-ring (bicyclic) bond motifs is 1. The highest BCUT2D eigenvalue weighted by Gasteiger charge is 2.28. The van der Waals surface area contributed by atoms with Crippen LogP contribution in [-0.4, -0.2) is 29.2 Å². The average Bonchev–Trinajstić information content (AvgIpc) is 2.39. The molecule has 1 aromatic heterocycles. The van der Waals surface area contributed by atoms with Crippen molar-refractivity contribution < 1.29 is 0 Å². The fraction of sp³-hybridized carbons (Fsp3) is 0.615. The van der Waals surface area contributed by atoms with Gasteiger partial charge in [0.25, 0.3) is 0 Å². The summed E-state index contributed by atoms with van der Waals surface area (Å²) < 4.78 is 0. The molecule has 1 fully saturated rings. The molecular formula is C13H18N3O-. The van der Waals surface area contributed by atoms with Gasteiger partial charge in [-0.1, -0.05) is 0 Å². The van der Waals surface area contributed by atoms with Gasteiger partial charge >= 0.3 is 0 Å². The average molecular weight is 232 g/mol. The third kappa shape index (κ3) is 2.20. The molecule has 0 bridgehead atoms. The van der Waals surface area contributed by atoms with E-state index >= 15 is 0 Å². The van der Waals surface area contributed by atoms with E-state index in [9.17, 15) is 5.21 Å². The summed E-state index contributed by atoms with van der Waals surface area (Å²) in [5.74, 6) is 0.551. The van der Waals surface area contributed by atoms with Gasteiger partial charge < -0.3 is 15.6 Å². The van der Waals surface area contributed by atoms with E-state index in [0.717, 1.165) is 37.9 Å². The van der Waals surface area contributed by atoms with Crippen molar-refractivity contribution in [3.63, 3.8) is 0 Å². The molecule has 1 N–H and O–H groups in total. The van der Waals surface area contributed by atoms with Gasteiger partial charge in [-0.25, -0.2) is 0 Å². The minimum absolute atomic E-state index is 0.173. The zero-order valence-electron chi connectivity index (χ0n) is 9.93. The molecule has 3 rings (SSSR count). The third-order valence-electron chi connectivity index (χ3n) is 4.06. The van der Waals surface area contributed by atoms with Crippen LogP contribution in [0.15, 0.2) is 18.5 Å². The van der Waals surface area contributed by atoms with Gasteiger partial charge in [0.2, 0.25) is 0 Å². The van der Waals surface area contributed by atoms with Crippen molar-refractivity contribution in [3.05, 3.63) is 34.8 Å². The Balaban J connectivity index is 1.79. The van der Waals surface area contributed by atoms with Gasteiger partial charge in [0.15, 0.2) is 0 Å². The van der Waals surface area contributed by atoms with E-state index in [1.165, 1.54) is 10.6 Å². The van der Waals surface area contributed by atoms with Crippen LogP contribution in [0.25, 0.3) is 0 Å². The molecular weight excluding hydrogens is 214 g/mol. The molecule has 1 unspecified atom stereocenters. The number of piperidine rings is 1. The summed E-state index contributed by atoms with van der Waals surface area (Å²) in [4.78, 5) is 4.09. The molecule has 0 saturated carbocycles. The molecule has 0 amide bonds. The highest BCUT2D eigenvalue weighted by Crippen LogP contribution is 2.29. The van der Waals surface area contributed by atoms with Crippen LogP contribution in [-0.2, 0) is 13.0 Å². The Labute approximate surface area is 102 Å². The van der Waals surface area contributed by atoms with Gasteiger partial charge in [0, 0.05) is 25.0 Å². The standard InChI is InChI=1S/C13H18N3O/c17-16-9-12-8-15-6-3-11(12)7-13(16)10-1-4-14-5-2-10/h3,6,8,10,13-14H,1-2,4-5,7,9H2/q-1. The second-order valence-electron chi connectivity index (χ2n) is 5.08. The lowest BCUT2D eigenvalue weighted by atomic mass is 9.83. The summed E-state index contributed by atoms with van der Waals surface area (Å²) >= 11 is 0. The Hall–Kier alpha value is -0.970. The normalized spacial score (nSPS) is 26.8. The molecule has 0 spiro atoms. The third-order valence-corrected chi connectivity index (χ3v) is 4.06. The van der Waals surface area contributed by atoms with Crippen LogP contribution in [0.2, 0.25) is 0 Å². The molecule has 92 valence electrons. The maximum Gasteiger partial charge on any atom is 0.0315 e. The Bertz CT molecular complexity index is 390. The van der Waals surface area contributed by atoms with Crippen molar-refractivity contribution in [2.24, 2.45) is 5.92 Å². The highest BCUT2D eigenvalue weighted by atomic mass is 16.5. The second-order valence-corrected chi connectivity index (χ2v) is 5.08. The zero-order chi connectivity index (χ0) is 11.7. The van der Waals surface area contributed by atoms with E-state index in [1.807, 2.05) is 12.4 Å². The lowest BCUT2D eigenvalue weighted by Gasteiger charge is -2.46. The quantitative estimate of drug-likeness (QED) is 0.793. The van der Waals surface area contributed by atoms with Crippen molar-refractivity contribution in [1.29, 1.82) is 0 Å². The van der Waals surface area contributed by atoms with Gasteiger partial charge in [-0.15, -0.1) is 0 Å². The Kier molecular flexibility index (Phi) is 3.09. The van der Waals surface area contributed by atoms with Crippen molar-refractivity contribution in [2.45, 2.75) is 31.8 Å². The van der Waals surface area contributed by atoms with Crippen LogP contribution in [0.4, 0.5) is 0 Å². The maximum absolute atomic E-state index is 12.1. The Morgan fingerprint density at radius 2 is 2.12 bits per heavy atom. The summed E-state index contributed by atoms with van der Waals surface area (Å²) in [6, 6.07) is 2.24. The second kappa shape index (κ2) is 4.72. The summed E-state index contributed by atoms with van der Waals surface area (Å²) in [6.07, 6.45) is 6.82. The highest BCUT2D eigenvalue weighted by molar-refractivity contribution is 5.27. The summed E-state index contributed by atoms with van der Waals surface area (Å²) in [5, 5.41) is 16.8. The van der Waals surface area contributed by atoms with Crippen molar-refractivity contribution in [2.75, 3.05) is 13.1 Å². The van der Waals surface area contributed by atoms with Gasteiger partial charge in [-0.3, -0.25) is 4.98 Å². The molecule has 4 heteroatoms. The van der Waals surface area contributed by atoms with E-state index in [4.69, 9.17) is 0 Å². The molecule has 1 aromatic rings. The largest absolute Gasteiger partial charge is 0.785 e. The monoisotopic (exact) mass is 232 g/mol. The van der Waals surface area contributed by atoms with Gasteiger partial charge in [-0.2, -0.15) is 0 Å². The van der Waals surface area contributed by atoms with Gasteiger partial charge in [-0.05, 0) is 55.5 Å². The lowest BCUT2D eigenvalue weighted by molar-refractivity contribution is 0.151. The Morgan fingerprint density at radius 1 is 1.29 bits per heavy atom. The first-order chi connectivity index (χ1) is 8.34. The van der Waals surface area contributed by atoms with Crippen LogP contribution in [0, 0.1) is 11.1 Å². The van der Waals surface area contributed by atoms with Crippen LogP contribution in [0.5, 0.6) is 0 Å². The predicted octanol–water partition coefficient (Wildman–Crippen LogP) is 1.31. The molecule has 2 aliphatic heterocycles.